The van der Waals surface area contributed by atoms with Crippen LogP contribution < -0.4 is 0 Å². The van der Waals surface area contributed by atoms with E-state index in [1.54, 1.807) is 6.08 Å². The highest BCUT2D eigenvalue weighted by molar-refractivity contribution is 6.14. The van der Waals surface area contributed by atoms with Crippen molar-refractivity contribution in [2.75, 3.05) is 39.4 Å². The predicted molar refractivity (Wildman–Crippen MR) is 130 cm³/mol. The normalized spacial score (nSPS) is 19.0. The van der Waals surface area contributed by atoms with Crippen LogP contribution in [-0.2, 0) is 14.3 Å². The first-order valence-corrected chi connectivity index (χ1v) is 11.5. The number of hydrogen-bond acceptors (Lipinski definition) is 7. The fraction of sp³-hybridized carbons (Fsp3) is 0.308. The Balaban J connectivity index is 1.59. The number of benzene rings is 2. The zero-order valence-electron chi connectivity index (χ0n) is 19.2. The minimum Gasteiger partial charge on any atom is -0.503 e. The third kappa shape index (κ3) is 5.64. The number of rotatable bonds is 9. The Labute approximate surface area is 203 Å². The first-order chi connectivity index (χ1) is 17.0. The summed E-state index contributed by atoms with van der Waals surface area (Å²) in [6, 6.07) is 14.1. The molecular weight excluding hydrogens is 450 g/mol. The number of carbonyl (C=O) groups is 2. The van der Waals surface area contributed by atoms with Crippen LogP contribution in [0.25, 0.3) is 6.08 Å². The highest BCUT2D eigenvalue weighted by Crippen LogP contribution is 2.38. The number of amides is 1. The molecule has 0 spiro atoms. The standard InChI is InChI=1S/C26H27N3O6/c30-22(12-7-19-5-2-1-3-6-19)23-24(20-8-10-21(11-9-20)29(33)34)28(26(32)25(23)31)14-4-13-27-15-17-35-18-16-27/h1-3,5-12,24,31H,4,13-18H2. The highest BCUT2D eigenvalue weighted by Gasteiger charge is 2.42. The second kappa shape index (κ2) is 11.1. The Bertz CT molecular complexity index is 1140. The van der Waals surface area contributed by atoms with Crippen molar-refractivity contribution >= 4 is 23.5 Å². The molecule has 1 fully saturated rings. The van der Waals surface area contributed by atoms with Gasteiger partial charge in [-0.25, -0.2) is 0 Å². The molecule has 2 aromatic rings. The van der Waals surface area contributed by atoms with Crippen LogP contribution in [0.4, 0.5) is 5.69 Å². The van der Waals surface area contributed by atoms with Crippen LogP contribution >= 0.6 is 0 Å². The number of hydrogen-bond donors (Lipinski definition) is 1. The van der Waals surface area contributed by atoms with Crippen molar-refractivity contribution in [3.63, 3.8) is 0 Å². The van der Waals surface area contributed by atoms with E-state index in [2.05, 4.69) is 4.90 Å². The van der Waals surface area contributed by atoms with Gasteiger partial charge >= 0.3 is 0 Å². The van der Waals surface area contributed by atoms with Crippen LogP contribution in [0.2, 0.25) is 0 Å². The van der Waals surface area contributed by atoms with Crippen LogP contribution in [-0.4, -0.2) is 70.9 Å². The summed E-state index contributed by atoms with van der Waals surface area (Å²) in [7, 11) is 0. The molecule has 2 aromatic carbocycles. The second-order valence-corrected chi connectivity index (χ2v) is 8.43. The first kappa shape index (κ1) is 24.3. The van der Waals surface area contributed by atoms with Gasteiger partial charge in [-0.2, -0.15) is 0 Å². The second-order valence-electron chi connectivity index (χ2n) is 8.43. The predicted octanol–water partition coefficient (Wildman–Crippen LogP) is 3.30. The van der Waals surface area contributed by atoms with Gasteiger partial charge in [-0.1, -0.05) is 36.4 Å². The summed E-state index contributed by atoms with van der Waals surface area (Å²) in [4.78, 5) is 40.5. The summed E-state index contributed by atoms with van der Waals surface area (Å²) in [6.45, 7) is 4.04. The van der Waals surface area contributed by atoms with Gasteiger partial charge in [0.1, 0.15) is 0 Å². The van der Waals surface area contributed by atoms with Crippen LogP contribution in [0.3, 0.4) is 0 Å². The van der Waals surface area contributed by atoms with Crippen molar-refractivity contribution in [1.29, 1.82) is 0 Å². The van der Waals surface area contributed by atoms with Crippen molar-refractivity contribution in [1.82, 2.24) is 9.80 Å². The minimum atomic E-state index is -0.832. The van der Waals surface area contributed by atoms with E-state index in [0.717, 1.165) is 25.2 Å². The molecule has 0 aromatic heterocycles. The van der Waals surface area contributed by atoms with Crippen LogP contribution in [0.1, 0.15) is 23.6 Å². The lowest BCUT2D eigenvalue weighted by Crippen LogP contribution is -2.39. The van der Waals surface area contributed by atoms with Crippen LogP contribution in [0, 0.1) is 10.1 Å². The monoisotopic (exact) mass is 477 g/mol. The summed E-state index contributed by atoms with van der Waals surface area (Å²) in [5.41, 5.74) is 1.21. The number of nitrogens with zero attached hydrogens (tertiary/aromatic N) is 3. The van der Waals surface area contributed by atoms with Crippen molar-refractivity contribution in [3.05, 3.63) is 93.2 Å². The fourth-order valence-electron chi connectivity index (χ4n) is 4.38. The van der Waals surface area contributed by atoms with E-state index in [0.29, 0.717) is 31.7 Å². The summed E-state index contributed by atoms with van der Waals surface area (Å²) in [5.74, 6) is -1.69. The average molecular weight is 478 g/mol. The molecule has 9 heteroatoms. The lowest BCUT2D eigenvalue weighted by atomic mass is 9.95. The maximum Gasteiger partial charge on any atom is 0.290 e. The number of allylic oxidation sites excluding steroid dienone is 1. The molecule has 1 amide bonds. The van der Waals surface area contributed by atoms with Crippen LogP contribution in [0.5, 0.6) is 0 Å². The number of aliphatic hydroxyl groups is 1. The van der Waals surface area contributed by atoms with E-state index in [1.165, 1.54) is 35.2 Å². The number of nitro groups is 1. The van der Waals surface area contributed by atoms with E-state index in [9.17, 15) is 24.8 Å². The van der Waals surface area contributed by atoms with E-state index in [-0.39, 0.29) is 11.3 Å². The molecule has 4 rings (SSSR count). The average Bonchev–Trinajstić information content (AvgIpc) is 3.13. The number of aliphatic hydroxyl groups excluding tert-OH is 1. The summed E-state index contributed by atoms with van der Waals surface area (Å²) in [6.07, 6.45) is 3.61. The smallest absolute Gasteiger partial charge is 0.290 e. The first-order valence-electron chi connectivity index (χ1n) is 11.5. The zero-order chi connectivity index (χ0) is 24.8. The van der Waals surface area contributed by atoms with Gasteiger partial charge in [0.15, 0.2) is 11.5 Å². The molecule has 1 unspecified atom stereocenters. The molecule has 1 N–H and O–H groups in total. The molecule has 2 aliphatic rings. The number of nitro benzene ring substituents is 1. The number of non-ortho nitro benzene ring substituents is 1. The Morgan fingerprint density at radius 3 is 2.43 bits per heavy atom. The number of ketones is 1. The Kier molecular flexibility index (Phi) is 7.69. The van der Waals surface area contributed by atoms with Gasteiger partial charge in [-0.15, -0.1) is 0 Å². The summed E-state index contributed by atoms with van der Waals surface area (Å²) in [5, 5.41) is 21.8. The molecule has 2 aliphatic heterocycles. The SMILES string of the molecule is O=C(C=Cc1ccccc1)C1=C(O)C(=O)N(CCCN2CCOCC2)C1c1ccc([N+](=O)[O-])cc1. The van der Waals surface area contributed by atoms with Crippen molar-refractivity contribution in [2.45, 2.75) is 12.5 Å². The largest absolute Gasteiger partial charge is 0.503 e. The molecule has 0 radical (unpaired) electrons. The van der Waals surface area contributed by atoms with E-state index in [4.69, 9.17) is 4.74 Å². The lowest BCUT2D eigenvalue weighted by Gasteiger charge is -2.29. The quantitative estimate of drug-likeness (QED) is 0.335. The van der Waals surface area contributed by atoms with E-state index < -0.39 is 28.4 Å². The minimum absolute atomic E-state index is 0.0255. The molecule has 2 heterocycles. The van der Waals surface area contributed by atoms with Gasteiger partial charge in [0, 0.05) is 38.3 Å². The summed E-state index contributed by atoms with van der Waals surface area (Å²) < 4.78 is 5.37. The highest BCUT2D eigenvalue weighted by atomic mass is 16.6. The number of morpholine rings is 1. The van der Waals surface area contributed by atoms with Gasteiger partial charge in [-0.3, -0.25) is 24.6 Å². The maximum atomic E-state index is 13.2. The number of ether oxygens (including phenoxy) is 1. The van der Waals surface area contributed by atoms with Crippen molar-refractivity contribution in [2.24, 2.45) is 0 Å². The third-order valence-corrected chi connectivity index (χ3v) is 6.19. The summed E-state index contributed by atoms with van der Waals surface area (Å²) >= 11 is 0. The van der Waals surface area contributed by atoms with Gasteiger partial charge in [-0.05, 0) is 35.8 Å². The van der Waals surface area contributed by atoms with E-state index >= 15 is 0 Å². The van der Waals surface area contributed by atoms with Gasteiger partial charge in [0.2, 0.25) is 0 Å². The van der Waals surface area contributed by atoms with Gasteiger partial charge in [0.25, 0.3) is 11.6 Å². The molecule has 1 saturated heterocycles. The van der Waals surface area contributed by atoms with E-state index in [1.807, 2.05) is 30.3 Å². The van der Waals surface area contributed by atoms with Crippen molar-refractivity contribution in [3.8, 4) is 0 Å². The van der Waals surface area contributed by atoms with Gasteiger partial charge in [0.05, 0.1) is 29.8 Å². The molecule has 1 atom stereocenters. The molecule has 182 valence electrons. The molecular formula is C26H27N3O6. The molecule has 35 heavy (non-hydrogen) atoms. The lowest BCUT2D eigenvalue weighted by molar-refractivity contribution is -0.384. The fourth-order valence-corrected chi connectivity index (χ4v) is 4.38. The maximum absolute atomic E-state index is 13.2. The molecule has 9 nitrogen and oxygen atoms in total. The zero-order valence-corrected chi connectivity index (χ0v) is 19.2. The Hall–Kier alpha value is -3.82. The Morgan fingerprint density at radius 2 is 1.77 bits per heavy atom. The van der Waals surface area contributed by atoms with Gasteiger partial charge < -0.3 is 14.7 Å². The topological polar surface area (TPSA) is 113 Å². The van der Waals surface area contributed by atoms with Crippen LogP contribution in [0.15, 0.2) is 72.0 Å². The molecule has 0 bridgehead atoms. The Morgan fingerprint density at radius 1 is 1.09 bits per heavy atom. The third-order valence-electron chi connectivity index (χ3n) is 6.19. The molecule has 0 aliphatic carbocycles. The van der Waals surface area contributed by atoms with Crippen molar-refractivity contribution < 1.29 is 24.4 Å². The molecule has 0 saturated carbocycles. The number of carbonyl (C=O) groups excluding carboxylic acids is 2.